The highest BCUT2D eigenvalue weighted by molar-refractivity contribution is 6.07. The number of hydrogen-bond donors (Lipinski definition) is 3. The van der Waals surface area contributed by atoms with Crippen LogP contribution >= 0.6 is 0 Å². The van der Waals surface area contributed by atoms with E-state index in [1.807, 2.05) is 0 Å². The van der Waals surface area contributed by atoms with E-state index in [4.69, 9.17) is 11.5 Å². The number of rotatable bonds is 3. The van der Waals surface area contributed by atoms with Gasteiger partial charge in [-0.25, -0.2) is 4.79 Å². The standard InChI is InChI=1S/C8H11F3N4O3/c1-7(8(9,10)11)5(17)15(6(18)14-7)2-3(12)4(13)16/h3H,2,12H2,1H3,(H2,13,16)(H,14,18). The number of imide groups is 1. The fourth-order valence-electron chi connectivity index (χ4n) is 1.34. The monoisotopic (exact) mass is 268 g/mol. The number of alkyl halides is 3. The van der Waals surface area contributed by atoms with Crippen LogP contribution in [0.3, 0.4) is 0 Å². The summed E-state index contributed by atoms with van der Waals surface area (Å²) >= 11 is 0. The lowest BCUT2D eigenvalue weighted by Gasteiger charge is -2.24. The first-order chi connectivity index (χ1) is 8.00. The van der Waals surface area contributed by atoms with Gasteiger partial charge in [-0.1, -0.05) is 0 Å². The number of nitrogens with two attached hydrogens (primary N) is 2. The van der Waals surface area contributed by atoms with Gasteiger partial charge in [-0.2, -0.15) is 13.2 Å². The molecule has 0 bridgehead atoms. The van der Waals surface area contributed by atoms with Crippen LogP contribution < -0.4 is 16.8 Å². The van der Waals surface area contributed by atoms with Crippen LogP contribution in [0.15, 0.2) is 0 Å². The fraction of sp³-hybridized carbons (Fsp3) is 0.625. The summed E-state index contributed by atoms with van der Waals surface area (Å²) in [6.45, 7) is -0.172. The summed E-state index contributed by atoms with van der Waals surface area (Å²) in [6.07, 6.45) is -4.95. The van der Waals surface area contributed by atoms with Crippen LogP contribution in [0.25, 0.3) is 0 Å². The quantitative estimate of drug-likeness (QED) is 0.549. The summed E-state index contributed by atoms with van der Waals surface area (Å²) in [7, 11) is 0. The van der Waals surface area contributed by atoms with Gasteiger partial charge < -0.3 is 16.8 Å². The third kappa shape index (κ3) is 2.10. The van der Waals surface area contributed by atoms with Crippen molar-refractivity contribution in [3.8, 4) is 0 Å². The molecule has 1 fully saturated rings. The van der Waals surface area contributed by atoms with Gasteiger partial charge in [0, 0.05) is 0 Å². The summed E-state index contributed by atoms with van der Waals surface area (Å²) in [5.41, 5.74) is 6.98. The zero-order valence-corrected chi connectivity index (χ0v) is 9.25. The SMILES string of the molecule is CC1(C(F)(F)F)NC(=O)N(CC(N)C(N)=O)C1=O. The first kappa shape index (κ1) is 14.2. The molecule has 1 aliphatic heterocycles. The van der Waals surface area contributed by atoms with Crippen LogP contribution in [0, 0.1) is 0 Å². The Balaban J connectivity index is 2.96. The smallest absolute Gasteiger partial charge is 0.368 e. The Morgan fingerprint density at radius 1 is 1.50 bits per heavy atom. The summed E-state index contributed by atoms with van der Waals surface area (Å²) < 4.78 is 38.0. The second-order valence-corrected chi connectivity index (χ2v) is 3.98. The van der Waals surface area contributed by atoms with Crippen molar-refractivity contribution in [2.24, 2.45) is 11.5 Å². The number of primary amides is 1. The second kappa shape index (κ2) is 4.12. The molecule has 2 atom stereocenters. The third-order valence-corrected chi connectivity index (χ3v) is 2.59. The van der Waals surface area contributed by atoms with Crippen molar-refractivity contribution in [2.75, 3.05) is 6.54 Å². The number of hydrogen-bond acceptors (Lipinski definition) is 4. The van der Waals surface area contributed by atoms with Crippen molar-refractivity contribution in [1.82, 2.24) is 10.2 Å². The molecule has 0 saturated carbocycles. The van der Waals surface area contributed by atoms with Crippen molar-refractivity contribution in [3.63, 3.8) is 0 Å². The maximum absolute atomic E-state index is 12.7. The molecule has 102 valence electrons. The van der Waals surface area contributed by atoms with Gasteiger partial charge in [0.2, 0.25) is 11.4 Å². The average Bonchev–Trinajstić information content (AvgIpc) is 2.42. The molecule has 0 aromatic heterocycles. The lowest BCUT2D eigenvalue weighted by Crippen LogP contribution is -2.56. The van der Waals surface area contributed by atoms with E-state index in [-0.39, 0.29) is 4.90 Å². The van der Waals surface area contributed by atoms with E-state index in [1.165, 1.54) is 5.32 Å². The first-order valence-corrected chi connectivity index (χ1v) is 4.76. The maximum atomic E-state index is 12.7. The largest absolute Gasteiger partial charge is 0.420 e. The molecule has 10 heteroatoms. The molecule has 4 amide bonds. The molecule has 0 aliphatic carbocycles. The van der Waals surface area contributed by atoms with E-state index >= 15 is 0 Å². The summed E-state index contributed by atoms with van der Waals surface area (Å²) in [5, 5.41) is 1.52. The molecule has 5 N–H and O–H groups in total. The zero-order chi connectivity index (χ0) is 14.3. The summed E-state index contributed by atoms with van der Waals surface area (Å²) in [6, 6.07) is -2.69. The van der Waals surface area contributed by atoms with Crippen LogP contribution in [0.2, 0.25) is 0 Å². The Hall–Kier alpha value is -1.84. The highest BCUT2D eigenvalue weighted by atomic mass is 19.4. The van der Waals surface area contributed by atoms with E-state index in [1.54, 1.807) is 0 Å². The Bertz CT molecular complexity index is 411. The number of carbonyl (C=O) groups is 3. The second-order valence-electron chi connectivity index (χ2n) is 3.98. The number of amides is 4. The van der Waals surface area contributed by atoms with E-state index in [9.17, 15) is 27.6 Å². The van der Waals surface area contributed by atoms with Gasteiger partial charge in [-0.15, -0.1) is 0 Å². The molecular formula is C8H11F3N4O3. The Kier molecular flexibility index (Phi) is 3.26. The molecule has 0 aromatic rings. The molecule has 1 aliphatic rings. The minimum absolute atomic E-state index is 0.225. The van der Waals surface area contributed by atoms with Gasteiger partial charge in [0.1, 0.15) is 6.04 Å². The zero-order valence-electron chi connectivity index (χ0n) is 9.25. The Morgan fingerprint density at radius 2 is 2.00 bits per heavy atom. The van der Waals surface area contributed by atoms with Crippen molar-refractivity contribution in [1.29, 1.82) is 0 Å². The Morgan fingerprint density at radius 3 is 2.33 bits per heavy atom. The molecule has 0 radical (unpaired) electrons. The minimum atomic E-state index is -4.95. The average molecular weight is 268 g/mol. The van der Waals surface area contributed by atoms with Crippen LogP contribution in [-0.4, -0.2) is 47.0 Å². The highest BCUT2D eigenvalue weighted by Crippen LogP contribution is 2.35. The molecule has 2 unspecified atom stereocenters. The highest BCUT2D eigenvalue weighted by Gasteiger charge is 2.64. The lowest BCUT2D eigenvalue weighted by molar-refractivity contribution is -0.191. The molecular weight excluding hydrogens is 257 g/mol. The normalized spacial score (nSPS) is 26.2. The van der Waals surface area contributed by atoms with Crippen LogP contribution in [0.1, 0.15) is 6.92 Å². The third-order valence-electron chi connectivity index (χ3n) is 2.59. The van der Waals surface area contributed by atoms with Crippen LogP contribution in [-0.2, 0) is 9.59 Å². The fourth-order valence-corrected chi connectivity index (χ4v) is 1.34. The van der Waals surface area contributed by atoms with Crippen LogP contribution in [0.4, 0.5) is 18.0 Å². The molecule has 0 aromatic carbocycles. The van der Waals surface area contributed by atoms with Crippen molar-refractivity contribution in [3.05, 3.63) is 0 Å². The molecule has 7 nitrogen and oxygen atoms in total. The molecule has 1 heterocycles. The topological polar surface area (TPSA) is 119 Å². The molecule has 1 saturated heterocycles. The van der Waals surface area contributed by atoms with E-state index in [0.29, 0.717) is 6.92 Å². The maximum Gasteiger partial charge on any atom is 0.420 e. The van der Waals surface area contributed by atoms with Crippen molar-refractivity contribution in [2.45, 2.75) is 24.7 Å². The van der Waals surface area contributed by atoms with Gasteiger partial charge in [0.15, 0.2) is 0 Å². The summed E-state index contributed by atoms with van der Waals surface area (Å²) in [4.78, 5) is 33.7. The van der Waals surface area contributed by atoms with Gasteiger partial charge in [0.25, 0.3) is 5.91 Å². The number of nitrogens with one attached hydrogen (secondary N) is 1. The van der Waals surface area contributed by atoms with Gasteiger partial charge in [-0.3, -0.25) is 14.5 Å². The van der Waals surface area contributed by atoms with Gasteiger partial charge in [0.05, 0.1) is 6.54 Å². The van der Waals surface area contributed by atoms with E-state index < -0.39 is 42.1 Å². The minimum Gasteiger partial charge on any atom is -0.368 e. The molecule has 1 rings (SSSR count). The van der Waals surface area contributed by atoms with Gasteiger partial charge >= 0.3 is 12.2 Å². The number of nitrogens with zero attached hydrogens (tertiary/aromatic N) is 1. The number of halogens is 3. The van der Waals surface area contributed by atoms with Crippen molar-refractivity contribution < 1.29 is 27.6 Å². The van der Waals surface area contributed by atoms with Crippen LogP contribution in [0.5, 0.6) is 0 Å². The predicted molar refractivity (Wildman–Crippen MR) is 51.9 cm³/mol. The summed E-state index contributed by atoms with van der Waals surface area (Å²) in [5.74, 6) is -2.55. The van der Waals surface area contributed by atoms with E-state index in [0.717, 1.165) is 0 Å². The predicted octanol–water partition coefficient (Wildman–Crippen LogP) is -1.33. The molecule has 0 spiro atoms. The number of carbonyl (C=O) groups excluding carboxylic acids is 3. The lowest BCUT2D eigenvalue weighted by atomic mass is 10.0. The Labute approximate surface area is 99.3 Å². The van der Waals surface area contributed by atoms with Gasteiger partial charge in [-0.05, 0) is 6.92 Å². The first-order valence-electron chi connectivity index (χ1n) is 4.76. The molecule has 18 heavy (non-hydrogen) atoms. The van der Waals surface area contributed by atoms with Crippen molar-refractivity contribution >= 4 is 17.8 Å². The number of urea groups is 1. The van der Waals surface area contributed by atoms with E-state index in [2.05, 4.69) is 0 Å².